The molecule has 0 heterocycles. The van der Waals surface area contributed by atoms with E-state index in [4.69, 9.17) is 0 Å². The summed E-state index contributed by atoms with van der Waals surface area (Å²) in [7, 11) is -6.83. The van der Waals surface area contributed by atoms with Crippen molar-refractivity contribution < 1.29 is 22.6 Å². The minimum atomic E-state index is -3.41. The van der Waals surface area contributed by atoms with Crippen LogP contribution in [0, 0.1) is 0 Å². The van der Waals surface area contributed by atoms with Gasteiger partial charge in [0.05, 0.1) is 9.79 Å². The fraction of sp³-hybridized carbons (Fsp3) is 0.250. The number of hydrogen-bond donors (Lipinski definition) is 1. The van der Waals surface area contributed by atoms with E-state index in [1.165, 1.54) is 12.1 Å². The van der Waals surface area contributed by atoms with E-state index in [0.717, 1.165) is 18.6 Å². The Morgan fingerprint density at radius 2 is 1.20 bits per heavy atom. The third-order valence-corrected chi connectivity index (χ3v) is 3.98. The summed E-state index contributed by atoms with van der Waals surface area (Å²) in [6.45, 7) is 0. The Morgan fingerprint density at radius 1 is 0.867 bits per heavy atom. The molecule has 0 atom stereocenters. The largest absolute Gasteiger partial charge is 0.325 e. The van der Waals surface area contributed by atoms with Gasteiger partial charge in [0.1, 0.15) is 5.69 Å². The molecule has 0 aliphatic heterocycles. The molecule has 0 bridgehead atoms. The van der Waals surface area contributed by atoms with Crippen molar-refractivity contribution in [2.45, 2.75) is 9.79 Å². The number of sulfone groups is 2. The second-order valence-electron chi connectivity index (χ2n) is 3.36. The lowest BCUT2D eigenvalue weighted by atomic mass is 10.3. The fourth-order valence-corrected chi connectivity index (χ4v) is 2.55. The molecule has 0 aliphatic carbocycles. The van der Waals surface area contributed by atoms with Crippen LogP contribution in [-0.4, -0.2) is 29.3 Å². The Morgan fingerprint density at radius 3 is 1.47 bits per heavy atom. The minimum Gasteiger partial charge on any atom is -0.325 e. The molecule has 0 unspecified atom stereocenters. The number of quaternary nitrogens is 1. The van der Waals surface area contributed by atoms with E-state index < -0.39 is 19.7 Å². The van der Waals surface area contributed by atoms with Crippen LogP contribution < -0.4 is 5.73 Å². The van der Waals surface area contributed by atoms with Crippen LogP contribution in [0.2, 0.25) is 0 Å². The summed E-state index contributed by atoms with van der Waals surface area (Å²) in [5.74, 6) is 0. The Hall–Kier alpha value is -0.920. The zero-order valence-electron chi connectivity index (χ0n) is 8.39. The van der Waals surface area contributed by atoms with Gasteiger partial charge in [-0.25, -0.2) is 16.8 Å². The molecule has 1 aromatic rings. The summed E-state index contributed by atoms with van der Waals surface area (Å²) in [5.41, 5.74) is 3.90. The van der Waals surface area contributed by atoms with Crippen molar-refractivity contribution in [3.8, 4) is 0 Å². The van der Waals surface area contributed by atoms with Crippen LogP contribution in [0.4, 0.5) is 5.69 Å². The molecule has 0 saturated heterocycles. The Labute approximate surface area is 88.8 Å². The van der Waals surface area contributed by atoms with Gasteiger partial charge in [0, 0.05) is 24.6 Å². The molecular weight excluding hydrogens is 238 g/mol. The first-order valence-corrected chi connectivity index (χ1v) is 7.76. The van der Waals surface area contributed by atoms with Gasteiger partial charge < -0.3 is 5.73 Å². The Bertz CT molecular complexity index is 537. The molecule has 84 valence electrons. The lowest BCUT2D eigenvalue weighted by molar-refractivity contribution is -0.255. The SMILES string of the molecule is CS(=O)(=O)c1cc([NH3+])cc(S(C)(=O)=O)c1. The molecule has 1 rings (SSSR count). The molecule has 0 aliphatic rings. The summed E-state index contributed by atoms with van der Waals surface area (Å²) >= 11 is 0. The van der Waals surface area contributed by atoms with Gasteiger partial charge in [-0.15, -0.1) is 0 Å². The van der Waals surface area contributed by atoms with Crippen LogP contribution in [0.5, 0.6) is 0 Å². The van der Waals surface area contributed by atoms with Crippen molar-refractivity contribution in [2.24, 2.45) is 0 Å². The Kier molecular flexibility index (Phi) is 2.90. The van der Waals surface area contributed by atoms with E-state index >= 15 is 0 Å². The average molecular weight is 250 g/mol. The molecule has 1 aromatic carbocycles. The van der Waals surface area contributed by atoms with Gasteiger partial charge in [-0.2, -0.15) is 0 Å². The first-order chi connectivity index (χ1) is 6.60. The summed E-state index contributed by atoms with van der Waals surface area (Å²) in [5, 5.41) is 0. The van der Waals surface area contributed by atoms with Crippen molar-refractivity contribution in [1.29, 1.82) is 0 Å². The van der Waals surface area contributed by atoms with Crippen molar-refractivity contribution in [3.63, 3.8) is 0 Å². The smallest absolute Gasteiger partial charge is 0.175 e. The summed E-state index contributed by atoms with van der Waals surface area (Å²) in [6, 6.07) is 3.81. The summed E-state index contributed by atoms with van der Waals surface area (Å²) in [4.78, 5) is -0.0640. The van der Waals surface area contributed by atoms with Gasteiger partial charge in [-0.1, -0.05) is 0 Å². The quantitative estimate of drug-likeness (QED) is 0.755. The molecule has 3 N–H and O–H groups in total. The van der Waals surface area contributed by atoms with Crippen molar-refractivity contribution in [3.05, 3.63) is 18.2 Å². The first kappa shape index (κ1) is 12.2. The lowest BCUT2D eigenvalue weighted by Gasteiger charge is -2.02. The summed E-state index contributed by atoms with van der Waals surface area (Å²) in [6.07, 6.45) is 2.04. The molecule has 15 heavy (non-hydrogen) atoms. The number of rotatable bonds is 2. The van der Waals surface area contributed by atoms with Gasteiger partial charge in [-0.05, 0) is 6.07 Å². The predicted octanol–water partition coefficient (Wildman–Crippen LogP) is -0.633. The first-order valence-electron chi connectivity index (χ1n) is 3.98. The maximum atomic E-state index is 11.2. The lowest BCUT2D eigenvalue weighted by Crippen LogP contribution is -2.40. The van der Waals surface area contributed by atoms with Gasteiger partial charge in [0.25, 0.3) is 0 Å². The monoisotopic (exact) mass is 250 g/mol. The third-order valence-electron chi connectivity index (χ3n) is 1.80. The van der Waals surface area contributed by atoms with E-state index in [2.05, 4.69) is 5.73 Å². The van der Waals surface area contributed by atoms with Crippen LogP contribution >= 0.6 is 0 Å². The van der Waals surface area contributed by atoms with Gasteiger partial charge in [0.2, 0.25) is 0 Å². The summed E-state index contributed by atoms with van der Waals surface area (Å²) < 4.78 is 45.0. The van der Waals surface area contributed by atoms with Crippen LogP contribution in [0.25, 0.3) is 0 Å². The highest BCUT2D eigenvalue weighted by atomic mass is 32.2. The highest BCUT2D eigenvalue weighted by molar-refractivity contribution is 7.91. The predicted molar refractivity (Wildman–Crippen MR) is 55.2 cm³/mol. The molecule has 7 heteroatoms. The molecule has 0 fully saturated rings. The van der Waals surface area contributed by atoms with E-state index in [1.807, 2.05) is 0 Å². The van der Waals surface area contributed by atoms with E-state index in [1.54, 1.807) is 0 Å². The van der Waals surface area contributed by atoms with Crippen LogP contribution in [0.3, 0.4) is 0 Å². The van der Waals surface area contributed by atoms with Crippen LogP contribution in [-0.2, 0) is 19.7 Å². The highest BCUT2D eigenvalue weighted by Crippen LogP contribution is 2.19. The average Bonchev–Trinajstić information content (AvgIpc) is 1.99. The minimum absolute atomic E-state index is 0.0320. The highest BCUT2D eigenvalue weighted by Gasteiger charge is 2.15. The molecule has 0 spiro atoms. The van der Waals surface area contributed by atoms with E-state index in [9.17, 15) is 16.8 Å². The van der Waals surface area contributed by atoms with Gasteiger partial charge >= 0.3 is 0 Å². The van der Waals surface area contributed by atoms with Crippen molar-refractivity contribution >= 4 is 25.4 Å². The molecule has 0 radical (unpaired) electrons. The van der Waals surface area contributed by atoms with E-state index in [0.29, 0.717) is 5.69 Å². The van der Waals surface area contributed by atoms with Crippen LogP contribution in [0.15, 0.2) is 28.0 Å². The second kappa shape index (κ2) is 3.58. The molecule has 0 aromatic heterocycles. The Balaban J connectivity index is 3.57. The zero-order chi connectivity index (χ0) is 11.9. The van der Waals surface area contributed by atoms with Gasteiger partial charge in [-0.3, -0.25) is 0 Å². The standard InChI is InChI=1S/C8H11NO4S2/c1-14(10,11)7-3-6(9)4-8(5-7)15(2,12)13/h3-5H,9H2,1-2H3/p+1. The number of benzene rings is 1. The molecule has 5 nitrogen and oxygen atoms in total. The number of hydrogen-bond acceptors (Lipinski definition) is 4. The van der Waals surface area contributed by atoms with Gasteiger partial charge in [0.15, 0.2) is 19.7 Å². The maximum absolute atomic E-state index is 11.2. The molecular formula is C8H12NO4S2+. The topological polar surface area (TPSA) is 95.9 Å². The molecule has 0 amide bonds. The van der Waals surface area contributed by atoms with Crippen LogP contribution in [0.1, 0.15) is 0 Å². The van der Waals surface area contributed by atoms with Crippen molar-refractivity contribution in [2.75, 3.05) is 12.5 Å². The third kappa shape index (κ3) is 3.01. The molecule has 0 saturated carbocycles. The second-order valence-corrected chi connectivity index (χ2v) is 7.39. The fourth-order valence-electron chi connectivity index (χ4n) is 1.06. The van der Waals surface area contributed by atoms with Crippen molar-refractivity contribution in [1.82, 2.24) is 0 Å². The zero-order valence-corrected chi connectivity index (χ0v) is 10.0. The van der Waals surface area contributed by atoms with E-state index in [-0.39, 0.29) is 9.79 Å². The normalized spacial score (nSPS) is 12.7. The maximum Gasteiger partial charge on any atom is 0.175 e.